The van der Waals surface area contributed by atoms with Gasteiger partial charge in [-0.2, -0.15) is 0 Å². The van der Waals surface area contributed by atoms with Gasteiger partial charge in [0, 0.05) is 25.7 Å². The maximum atomic E-state index is 13.3. The number of fused-ring (bicyclic) bond motifs is 1. The molecule has 7 heteroatoms. The van der Waals surface area contributed by atoms with Crippen LogP contribution in [0.4, 0.5) is 0 Å². The molecule has 1 aromatic rings. The third-order valence-corrected chi connectivity index (χ3v) is 6.02. The predicted molar refractivity (Wildman–Crippen MR) is 103 cm³/mol. The SMILES string of the molecule is COc1cc2c(cc1OC)C(CC(=O)O)N(C(=O)C(C)C1CCOCC1)CC2. The molecule has 0 bridgehead atoms. The summed E-state index contributed by atoms with van der Waals surface area (Å²) in [5.41, 5.74) is 1.84. The number of carbonyl (C=O) groups excluding carboxylic acids is 1. The van der Waals surface area contributed by atoms with Gasteiger partial charge >= 0.3 is 5.97 Å². The van der Waals surface area contributed by atoms with Crippen LogP contribution < -0.4 is 9.47 Å². The zero-order chi connectivity index (χ0) is 20.3. The fraction of sp³-hybridized carbons (Fsp3) is 0.619. The summed E-state index contributed by atoms with van der Waals surface area (Å²) in [6.45, 7) is 3.83. The Morgan fingerprint density at radius 1 is 1.21 bits per heavy atom. The van der Waals surface area contributed by atoms with E-state index < -0.39 is 12.0 Å². The number of hydrogen-bond acceptors (Lipinski definition) is 5. The molecular formula is C21H29NO6. The van der Waals surface area contributed by atoms with Crippen molar-refractivity contribution in [2.45, 2.75) is 38.6 Å². The van der Waals surface area contributed by atoms with Crippen molar-refractivity contribution in [3.63, 3.8) is 0 Å². The number of carboxylic acids is 1. The Kier molecular flexibility index (Phi) is 6.44. The highest BCUT2D eigenvalue weighted by Gasteiger charge is 2.37. The lowest BCUT2D eigenvalue weighted by Crippen LogP contribution is -2.45. The quantitative estimate of drug-likeness (QED) is 0.802. The van der Waals surface area contributed by atoms with Gasteiger partial charge in [0.2, 0.25) is 5.91 Å². The van der Waals surface area contributed by atoms with E-state index >= 15 is 0 Å². The summed E-state index contributed by atoms with van der Waals surface area (Å²) in [5, 5.41) is 9.50. The van der Waals surface area contributed by atoms with Gasteiger partial charge in [-0.3, -0.25) is 9.59 Å². The van der Waals surface area contributed by atoms with Crippen molar-refractivity contribution in [2.75, 3.05) is 34.0 Å². The van der Waals surface area contributed by atoms with Gasteiger partial charge in [-0.1, -0.05) is 6.92 Å². The second-order valence-electron chi connectivity index (χ2n) is 7.54. The third-order valence-electron chi connectivity index (χ3n) is 6.02. The lowest BCUT2D eigenvalue weighted by Gasteiger charge is -2.40. The molecule has 1 amide bonds. The topological polar surface area (TPSA) is 85.3 Å². The van der Waals surface area contributed by atoms with Gasteiger partial charge in [0.05, 0.1) is 26.7 Å². The van der Waals surface area contributed by atoms with Crippen molar-refractivity contribution in [3.05, 3.63) is 23.3 Å². The van der Waals surface area contributed by atoms with Crippen molar-refractivity contribution in [1.82, 2.24) is 4.90 Å². The van der Waals surface area contributed by atoms with E-state index in [9.17, 15) is 14.7 Å². The largest absolute Gasteiger partial charge is 0.493 e. The normalized spacial score (nSPS) is 21.0. The van der Waals surface area contributed by atoms with Crippen LogP contribution in [0, 0.1) is 11.8 Å². The average molecular weight is 391 g/mol. The highest BCUT2D eigenvalue weighted by molar-refractivity contribution is 5.81. The van der Waals surface area contributed by atoms with Crippen molar-refractivity contribution in [3.8, 4) is 11.5 Å². The number of carboxylic acid groups (broad SMARTS) is 1. The van der Waals surface area contributed by atoms with Crippen molar-refractivity contribution in [2.24, 2.45) is 11.8 Å². The minimum absolute atomic E-state index is 0.0265. The standard InChI is InChI=1S/C21H29NO6/c1-13(14-5-8-28-9-6-14)21(25)22-7-4-15-10-18(26-2)19(27-3)11-16(15)17(22)12-20(23)24/h10-11,13-14,17H,4-9,12H2,1-3H3,(H,23,24). The number of amides is 1. The molecule has 1 N–H and O–H groups in total. The molecule has 1 saturated heterocycles. The first kappa shape index (κ1) is 20.5. The zero-order valence-electron chi connectivity index (χ0n) is 16.8. The molecule has 0 aliphatic carbocycles. The maximum Gasteiger partial charge on any atom is 0.305 e. The van der Waals surface area contributed by atoms with Crippen LogP contribution in [0.1, 0.15) is 43.4 Å². The first-order valence-corrected chi connectivity index (χ1v) is 9.81. The average Bonchev–Trinajstić information content (AvgIpc) is 2.72. The number of hydrogen-bond donors (Lipinski definition) is 1. The van der Waals surface area contributed by atoms with Crippen LogP contribution >= 0.6 is 0 Å². The van der Waals surface area contributed by atoms with Gasteiger partial charge in [-0.15, -0.1) is 0 Å². The van der Waals surface area contributed by atoms with E-state index in [1.54, 1.807) is 19.1 Å². The molecule has 2 aliphatic rings. The van der Waals surface area contributed by atoms with Crippen LogP contribution in [0.2, 0.25) is 0 Å². The van der Waals surface area contributed by atoms with E-state index in [-0.39, 0.29) is 24.2 Å². The molecule has 0 aromatic heterocycles. The van der Waals surface area contributed by atoms with Gasteiger partial charge in [0.25, 0.3) is 0 Å². The fourth-order valence-corrected chi connectivity index (χ4v) is 4.36. The summed E-state index contributed by atoms with van der Waals surface area (Å²) in [6.07, 6.45) is 2.27. The number of carbonyl (C=O) groups is 2. The smallest absolute Gasteiger partial charge is 0.305 e. The molecule has 28 heavy (non-hydrogen) atoms. The number of aliphatic carboxylic acids is 1. The summed E-state index contributed by atoms with van der Waals surface area (Å²) < 4.78 is 16.2. The highest BCUT2D eigenvalue weighted by Crippen LogP contribution is 2.40. The number of nitrogens with zero attached hydrogens (tertiary/aromatic N) is 1. The molecule has 7 nitrogen and oxygen atoms in total. The van der Waals surface area contributed by atoms with Crippen LogP contribution in [0.25, 0.3) is 0 Å². The van der Waals surface area contributed by atoms with Gasteiger partial charge in [-0.25, -0.2) is 0 Å². The van der Waals surface area contributed by atoms with E-state index in [1.807, 2.05) is 19.1 Å². The first-order valence-electron chi connectivity index (χ1n) is 9.81. The Morgan fingerprint density at radius 2 is 1.86 bits per heavy atom. The molecule has 2 heterocycles. The van der Waals surface area contributed by atoms with Crippen molar-refractivity contribution < 1.29 is 28.9 Å². The van der Waals surface area contributed by atoms with Crippen LogP contribution in [0.15, 0.2) is 12.1 Å². The summed E-state index contributed by atoms with van der Waals surface area (Å²) >= 11 is 0. The monoisotopic (exact) mass is 391 g/mol. The lowest BCUT2D eigenvalue weighted by atomic mass is 9.84. The summed E-state index contributed by atoms with van der Waals surface area (Å²) in [4.78, 5) is 26.6. The van der Waals surface area contributed by atoms with Gasteiger partial charge in [0.15, 0.2) is 11.5 Å². The minimum Gasteiger partial charge on any atom is -0.493 e. The number of ether oxygens (including phenoxy) is 3. The molecule has 2 atom stereocenters. The highest BCUT2D eigenvalue weighted by atomic mass is 16.5. The Hall–Kier alpha value is -2.28. The van der Waals surface area contributed by atoms with Crippen LogP contribution in [0.5, 0.6) is 11.5 Å². The van der Waals surface area contributed by atoms with E-state index in [2.05, 4.69) is 0 Å². The molecule has 154 valence electrons. The molecule has 1 aromatic carbocycles. The Bertz CT molecular complexity index is 728. The molecule has 0 radical (unpaired) electrons. The van der Waals surface area contributed by atoms with Gasteiger partial charge < -0.3 is 24.2 Å². The van der Waals surface area contributed by atoms with Crippen LogP contribution in [0.3, 0.4) is 0 Å². The molecule has 0 saturated carbocycles. The van der Waals surface area contributed by atoms with Crippen LogP contribution in [-0.2, 0) is 20.7 Å². The first-order chi connectivity index (χ1) is 13.5. The van der Waals surface area contributed by atoms with Crippen molar-refractivity contribution in [1.29, 1.82) is 0 Å². The molecule has 2 unspecified atom stereocenters. The molecular weight excluding hydrogens is 362 g/mol. The van der Waals surface area contributed by atoms with Gasteiger partial charge in [0.1, 0.15) is 0 Å². The second kappa shape index (κ2) is 8.82. The fourth-order valence-electron chi connectivity index (χ4n) is 4.36. The Morgan fingerprint density at radius 3 is 2.46 bits per heavy atom. The Balaban J connectivity index is 1.91. The molecule has 2 aliphatic heterocycles. The van der Waals surface area contributed by atoms with Crippen molar-refractivity contribution >= 4 is 11.9 Å². The summed E-state index contributed by atoms with van der Waals surface area (Å²) in [5.74, 6) is 0.386. The number of methoxy groups -OCH3 is 2. The van der Waals surface area contributed by atoms with Crippen LogP contribution in [-0.4, -0.2) is 55.9 Å². The van der Waals surface area contributed by atoms with E-state index in [0.717, 1.165) is 24.0 Å². The van der Waals surface area contributed by atoms with E-state index in [1.165, 1.54) is 0 Å². The number of rotatable bonds is 6. The molecule has 3 rings (SSSR count). The third kappa shape index (κ3) is 4.09. The summed E-state index contributed by atoms with van der Waals surface area (Å²) in [7, 11) is 3.13. The van der Waals surface area contributed by atoms with E-state index in [4.69, 9.17) is 14.2 Å². The molecule has 1 fully saturated rings. The Labute approximate surface area is 165 Å². The minimum atomic E-state index is -0.927. The lowest BCUT2D eigenvalue weighted by molar-refractivity contribution is -0.144. The molecule has 0 spiro atoms. The summed E-state index contributed by atoms with van der Waals surface area (Å²) in [6, 6.07) is 3.21. The second-order valence-corrected chi connectivity index (χ2v) is 7.54. The maximum absolute atomic E-state index is 13.3. The predicted octanol–water partition coefficient (Wildman–Crippen LogP) is 2.67. The van der Waals surface area contributed by atoms with Gasteiger partial charge in [-0.05, 0) is 48.4 Å². The number of benzene rings is 1. The zero-order valence-corrected chi connectivity index (χ0v) is 16.8. The van der Waals surface area contributed by atoms with E-state index in [0.29, 0.717) is 37.7 Å².